The van der Waals surface area contributed by atoms with Crippen LogP contribution in [0.5, 0.6) is 11.6 Å². The van der Waals surface area contributed by atoms with Crippen LogP contribution in [0.15, 0.2) is 42.2 Å². The van der Waals surface area contributed by atoms with Crippen molar-refractivity contribution in [3.63, 3.8) is 0 Å². The molecule has 0 aromatic carbocycles. The van der Waals surface area contributed by atoms with Gasteiger partial charge in [-0.1, -0.05) is 26.8 Å². The van der Waals surface area contributed by atoms with Crippen LogP contribution in [0.3, 0.4) is 0 Å². The van der Waals surface area contributed by atoms with Gasteiger partial charge >= 0.3 is 0 Å². The second-order valence-electron chi connectivity index (χ2n) is 8.90. The molecule has 0 saturated carbocycles. The zero-order valence-corrected chi connectivity index (χ0v) is 22.3. The zero-order valence-electron chi connectivity index (χ0n) is 22.3. The van der Waals surface area contributed by atoms with Crippen molar-refractivity contribution in [2.45, 2.75) is 58.6 Å². The maximum absolute atomic E-state index is 14.7. The van der Waals surface area contributed by atoms with Gasteiger partial charge in [0.2, 0.25) is 5.88 Å². The topological polar surface area (TPSA) is 107 Å². The number of pyridine rings is 3. The van der Waals surface area contributed by atoms with Gasteiger partial charge in [-0.05, 0) is 43.9 Å². The van der Waals surface area contributed by atoms with E-state index in [-0.39, 0.29) is 18.3 Å². The smallest absolute Gasteiger partial charge is 0.263 e. The summed E-state index contributed by atoms with van der Waals surface area (Å²) in [5, 5.41) is 6.09. The number of carbonyl (C=O) groups excluding carboxylic acids is 1. The highest BCUT2D eigenvalue weighted by atomic mass is 19.1. The minimum Gasteiger partial charge on any atom is -0.481 e. The molecule has 3 aromatic rings. The van der Waals surface area contributed by atoms with E-state index < -0.39 is 5.60 Å². The molecule has 2 aliphatic heterocycles. The minimum absolute atomic E-state index is 0.00438. The Balaban J connectivity index is 0.00000164. The molecule has 2 aliphatic rings. The van der Waals surface area contributed by atoms with Crippen molar-refractivity contribution in [3.05, 3.63) is 59.3 Å². The number of methoxy groups -OCH3 is 1. The van der Waals surface area contributed by atoms with Gasteiger partial charge < -0.3 is 24.8 Å². The number of aryl methyl sites for hydroxylation is 1. The Kier molecular flexibility index (Phi) is 8.73. The number of fused-ring (bicyclic) bond motifs is 2. The average molecular weight is 524 g/mol. The number of carbonyl (C=O) groups is 1. The summed E-state index contributed by atoms with van der Waals surface area (Å²) in [5.74, 6) is 0.847. The van der Waals surface area contributed by atoms with Crippen molar-refractivity contribution in [3.8, 4) is 11.6 Å². The number of hydrogen-bond acceptors (Lipinski definition) is 8. The van der Waals surface area contributed by atoms with Gasteiger partial charge in [0, 0.05) is 17.3 Å². The van der Waals surface area contributed by atoms with Crippen molar-refractivity contribution in [1.29, 1.82) is 0 Å². The lowest BCUT2D eigenvalue weighted by molar-refractivity contribution is -0.118. The SMILES string of the molecule is CC.CCC1(CCc2c(F)cnc3ccc(OC)nc23)CC=C(NCc2ccc3c(n2)NC(=O)CO3)CO1. The summed E-state index contributed by atoms with van der Waals surface area (Å²) in [4.78, 5) is 24.6. The van der Waals surface area contributed by atoms with Gasteiger partial charge in [0.05, 0.1) is 48.8 Å². The predicted octanol–water partition coefficient (Wildman–Crippen LogP) is 4.71. The number of aromatic nitrogens is 3. The third-order valence-electron chi connectivity index (χ3n) is 6.71. The number of amides is 1. The first kappa shape index (κ1) is 27.3. The normalized spacial score (nSPS) is 18.3. The van der Waals surface area contributed by atoms with E-state index in [1.54, 1.807) is 18.2 Å². The standard InChI is InChI=1S/C26H28FN5O4.C2H6/c1-3-26(11-9-18-19(27)13-29-20-5-7-23(34-2)32-24(18)20)10-8-17(14-36-26)28-12-16-4-6-21-25(30-16)31-22(33)15-35-21;1-2/h4-8,13,28H,3,9-12,14-15H2,1-2H3,(H,30,31,33);1-2H3. The molecular formula is C28H34FN5O4. The van der Waals surface area contributed by atoms with Crippen LogP contribution in [0.25, 0.3) is 11.0 Å². The van der Waals surface area contributed by atoms with Crippen LogP contribution in [-0.4, -0.2) is 46.8 Å². The van der Waals surface area contributed by atoms with Crippen molar-refractivity contribution in [2.75, 3.05) is 25.6 Å². The van der Waals surface area contributed by atoms with Crippen LogP contribution < -0.4 is 20.1 Å². The molecule has 0 saturated heterocycles. The second-order valence-corrected chi connectivity index (χ2v) is 8.90. The lowest BCUT2D eigenvalue weighted by Gasteiger charge is -2.36. The zero-order chi connectivity index (χ0) is 27.1. The molecule has 0 bridgehead atoms. The number of hydrogen-bond donors (Lipinski definition) is 2. The molecule has 0 aliphatic carbocycles. The maximum atomic E-state index is 14.7. The Morgan fingerprint density at radius 2 is 2.03 bits per heavy atom. The fraction of sp³-hybridized carbons (Fsp3) is 0.429. The minimum atomic E-state index is -0.391. The predicted molar refractivity (Wildman–Crippen MR) is 143 cm³/mol. The summed E-state index contributed by atoms with van der Waals surface area (Å²) in [5.41, 5.74) is 3.03. The van der Waals surface area contributed by atoms with E-state index in [2.05, 4.69) is 38.6 Å². The Morgan fingerprint density at radius 1 is 1.18 bits per heavy atom. The van der Waals surface area contributed by atoms with Crippen LogP contribution >= 0.6 is 0 Å². The molecular weight excluding hydrogens is 489 g/mol. The Bertz CT molecular complexity index is 1330. The summed E-state index contributed by atoms with van der Waals surface area (Å²) in [6, 6.07) is 7.17. The van der Waals surface area contributed by atoms with E-state index in [1.807, 2.05) is 19.9 Å². The first-order valence-electron chi connectivity index (χ1n) is 13.0. The van der Waals surface area contributed by atoms with E-state index >= 15 is 0 Å². The van der Waals surface area contributed by atoms with Crippen LogP contribution in [-0.2, 0) is 22.5 Å². The summed E-state index contributed by atoms with van der Waals surface area (Å²) in [6.45, 7) is 7.00. The van der Waals surface area contributed by atoms with Crippen molar-refractivity contribution in [2.24, 2.45) is 0 Å². The van der Waals surface area contributed by atoms with Crippen LogP contribution in [0.4, 0.5) is 10.2 Å². The van der Waals surface area contributed by atoms with Gasteiger partial charge in [-0.3, -0.25) is 9.78 Å². The Morgan fingerprint density at radius 3 is 2.76 bits per heavy atom. The number of ether oxygens (including phenoxy) is 3. The molecule has 9 nitrogen and oxygen atoms in total. The molecule has 0 fully saturated rings. The molecule has 202 valence electrons. The molecule has 1 amide bonds. The Hall–Kier alpha value is -3.79. The molecule has 1 atom stereocenters. The van der Waals surface area contributed by atoms with Crippen molar-refractivity contribution < 1.29 is 23.4 Å². The number of rotatable bonds is 8. The van der Waals surface area contributed by atoms with E-state index in [0.717, 1.165) is 17.8 Å². The highest BCUT2D eigenvalue weighted by Crippen LogP contribution is 2.33. The van der Waals surface area contributed by atoms with E-state index in [0.29, 0.717) is 66.5 Å². The molecule has 0 radical (unpaired) electrons. The van der Waals surface area contributed by atoms with Crippen molar-refractivity contribution >= 4 is 22.8 Å². The lowest BCUT2D eigenvalue weighted by atomic mass is 9.87. The monoisotopic (exact) mass is 523 g/mol. The van der Waals surface area contributed by atoms with Gasteiger partial charge in [0.15, 0.2) is 18.2 Å². The first-order chi connectivity index (χ1) is 18.5. The quantitative estimate of drug-likeness (QED) is 0.437. The number of halogens is 1. The van der Waals surface area contributed by atoms with Gasteiger partial charge in [0.25, 0.3) is 5.91 Å². The molecule has 5 rings (SSSR count). The van der Waals surface area contributed by atoms with Crippen LogP contribution in [0.2, 0.25) is 0 Å². The average Bonchev–Trinajstić information content (AvgIpc) is 2.96. The fourth-order valence-corrected chi connectivity index (χ4v) is 4.47. The summed E-state index contributed by atoms with van der Waals surface area (Å²) < 4.78 is 31.6. The molecule has 1 unspecified atom stereocenters. The molecule has 3 aromatic heterocycles. The highest BCUT2D eigenvalue weighted by Gasteiger charge is 2.32. The summed E-state index contributed by atoms with van der Waals surface area (Å²) in [6.07, 6.45) is 6.01. The molecule has 38 heavy (non-hydrogen) atoms. The maximum Gasteiger partial charge on any atom is 0.263 e. The van der Waals surface area contributed by atoms with Crippen LogP contribution in [0.1, 0.15) is 51.3 Å². The van der Waals surface area contributed by atoms with E-state index in [1.165, 1.54) is 13.3 Å². The molecule has 0 spiro atoms. The molecule has 2 N–H and O–H groups in total. The van der Waals surface area contributed by atoms with Crippen molar-refractivity contribution in [1.82, 2.24) is 20.3 Å². The highest BCUT2D eigenvalue weighted by molar-refractivity contribution is 5.94. The van der Waals surface area contributed by atoms with Gasteiger partial charge in [-0.2, -0.15) is 0 Å². The van der Waals surface area contributed by atoms with Gasteiger partial charge in [-0.15, -0.1) is 0 Å². The molecule has 10 heteroatoms. The number of anilines is 1. The number of nitrogens with one attached hydrogen (secondary N) is 2. The van der Waals surface area contributed by atoms with Gasteiger partial charge in [-0.25, -0.2) is 14.4 Å². The molecule has 5 heterocycles. The number of nitrogens with zero attached hydrogens (tertiary/aromatic N) is 3. The van der Waals surface area contributed by atoms with Crippen LogP contribution in [0, 0.1) is 5.82 Å². The summed E-state index contributed by atoms with van der Waals surface area (Å²) >= 11 is 0. The third kappa shape index (κ3) is 6.02. The fourth-order valence-electron chi connectivity index (χ4n) is 4.47. The third-order valence-corrected chi connectivity index (χ3v) is 6.71. The van der Waals surface area contributed by atoms with Gasteiger partial charge in [0.1, 0.15) is 5.82 Å². The lowest BCUT2D eigenvalue weighted by Crippen LogP contribution is -2.38. The first-order valence-corrected chi connectivity index (χ1v) is 13.0. The largest absolute Gasteiger partial charge is 0.481 e. The van der Waals surface area contributed by atoms with E-state index in [4.69, 9.17) is 14.2 Å². The summed E-state index contributed by atoms with van der Waals surface area (Å²) in [7, 11) is 1.54. The van der Waals surface area contributed by atoms with E-state index in [9.17, 15) is 9.18 Å². The Labute approximate surface area is 221 Å². The second kappa shape index (κ2) is 12.2.